The van der Waals surface area contributed by atoms with Gasteiger partial charge >= 0.3 is 0 Å². The third-order valence-electron chi connectivity index (χ3n) is 3.59. The van der Waals surface area contributed by atoms with Crippen LogP contribution in [0, 0.1) is 0 Å². The van der Waals surface area contributed by atoms with Crippen LogP contribution in [0.25, 0.3) is 0 Å². The summed E-state index contributed by atoms with van der Waals surface area (Å²) in [6, 6.07) is 13.2. The number of aryl methyl sites for hydroxylation is 1. The minimum absolute atomic E-state index is 0.0168. The van der Waals surface area contributed by atoms with Gasteiger partial charge in [0.15, 0.2) is 0 Å². The second-order valence-corrected chi connectivity index (χ2v) is 6.48. The predicted octanol–water partition coefficient (Wildman–Crippen LogP) is 3.67. The average molecular weight is 405 g/mol. The highest BCUT2D eigenvalue weighted by molar-refractivity contribution is 9.10. The van der Waals surface area contributed by atoms with Gasteiger partial charge in [0.05, 0.1) is 11.6 Å². The molecule has 2 rings (SSSR count). The van der Waals surface area contributed by atoms with Crippen molar-refractivity contribution in [1.82, 2.24) is 5.32 Å². The number of methoxy groups -OCH3 is 1. The van der Waals surface area contributed by atoms with Crippen LogP contribution in [0.5, 0.6) is 5.75 Å². The first-order valence-electron chi connectivity index (χ1n) is 7.93. The van der Waals surface area contributed by atoms with Crippen molar-refractivity contribution in [3.8, 4) is 5.75 Å². The van der Waals surface area contributed by atoms with Crippen molar-refractivity contribution >= 4 is 33.4 Å². The van der Waals surface area contributed by atoms with Crippen LogP contribution in [0.4, 0.5) is 5.69 Å². The van der Waals surface area contributed by atoms with Gasteiger partial charge in [-0.05, 0) is 57.7 Å². The van der Waals surface area contributed by atoms with E-state index in [1.54, 1.807) is 7.11 Å². The molecule has 0 atom stereocenters. The molecule has 0 unspecified atom stereocenters. The Balaban J connectivity index is 1.82. The van der Waals surface area contributed by atoms with Gasteiger partial charge in [-0.25, -0.2) is 0 Å². The molecule has 2 amide bonds. The molecule has 0 bridgehead atoms. The molecular weight excluding hydrogens is 384 g/mol. The largest absolute Gasteiger partial charge is 0.496 e. The van der Waals surface area contributed by atoms with Crippen molar-refractivity contribution in [3.63, 3.8) is 0 Å². The first kappa shape index (κ1) is 19.0. The second kappa shape index (κ2) is 9.22. The lowest BCUT2D eigenvalue weighted by Crippen LogP contribution is -2.23. The molecule has 5 nitrogen and oxygen atoms in total. The topological polar surface area (TPSA) is 67.4 Å². The molecule has 2 aromatic carbocycles. The molecule has 0 saturated heterocycles. The van der Waals surface area contributed by atoms with Crippen LogP contribution in [0.2, 0.25) is 0 Å². The van der Waals surface area contributed by atoms with Gasteiger partial charge in [-0.2, -0.15) is 0 Å². The lowest BCUT2D eigenvalue weighted by molar-refractivity contribution is -0.121. The number of carbonyl (C=O) groups excluding carboxylic acids is 2. The molecule has 2 aromatic rings. The van der Waals surface area contributed by atoms with Crippen LogP contribution >= 0.6 is 15.9 Å². The van der Waals surface area contributed by atoms with Crippen molar-refractivity contribution in [2.75, 3.05) is 12.4 Å². The second-order valence-electron chi connectivity index (χ2n) is 5.63. The van der Waals surface area contributed by atoms with Crippen molar-refractivity contribution in [3.05, 3.63) is 58.1 Å². The summed E-state index contributed by atoms with van der Waals surface area (Å²) in [5, 5.41) is 5.63. The van der Waals surface area contributed by atoms with E-state index in [9.17, 15) is 9.59 Å². The molecule has 0 heterocycles. The number of rotatable bonds is 7. The Morgan fingerprint density at radius 3 is 2.60 bits per heavy atom. The van der Waals surface area contributed by atoms with E-state index < -0.39 is 0 Å². The average Bonchev–Trinajstić information content (AvgIpc) is 2.58. The Morgan fingerprint density at radius 2 is 1.92 bits per heavy atom. The molecule has 6 heteroatoms. The van der Waals surface area contributed by atoms with Gasteiger partial charge in [0.25, 0.3) is 0 Å². The summed E-state index contributed by atoms with van der Waals surface area (Å²) in [5.41, 5.74) is 2.73. The third kappa shape index (κ3) is 6.23. The van der Waals surface area contributed by atoms with Gasteiger partial charge < -0.3 is 15.4 Å². The van der Waals surface area contributed by atoms with E-state index in [0.717, 1.165) is 27.0 Å². The minimum Gasteiger partial charge on any atom is -0.496 e. The SMILES string of the molecule is COc1ccc(CCC(=O)NCc2cccc(NC(C)=O)c2)cc1Br. The quantitative estimate of drug-likeness (QED) is 0.739. The lowest BCUT2D eigenvalue weighted by atomic mass is 10.1. The van der Waals surface area contributed by atoms with E-state index in [2.05, 4.69) is 26.6 Å². The minimum atomic E-state index is -0.119. The number of amides is 2. The number of ether oxygens (including phenoxy) is 1. The summed E-state index contributed by atoms with van der Waals surface area (Å²) in [6.45, 7) is 1.89. The molecule has 0 saturated carbocycles. The molecule has 25 heavy (non-hydrogen) atoms. The van der Waals surface area contributed by atoms with E-state index in [0.29, 0.717) is 19.4 Å². The number of anilines is 1. The Hall–Kier alpha value is -2.34. The van der Waals surface area contributed by atoms with Gasteiger partial charge in [-0.3, -0.25) is 9.59 Å². The summed E-state index contributed by atoms with van der Waals surface area (Å²) in [6.07, 6.45) is 1.06. The van der Waals surface area contributed by atoms with Gasteiger partial charge in [0.1, 0.15) is 5.75 Å². The zero-order valence-corrected chi connectivity index (χ0v) is 15.9. The van der Waals surface area contributed by atoms with Gasteiger partial charge in [0.2, 0.25) is 11.8 Å². The van der Waals surface area contributed by atoms with Crippen molar-refractivity contribution in [2.45, 2.75) is 26.3 Å². The van der Waals surface area contributed by atoms with Crippen molar-refractivity contribution < 1.29 is 14.3 Å². The summed E-state index contributed by atoms with van der Waals surface area (Å²) in [4.78, 5) is 23.1. The van der Waals surface area contributed by atoms with Crippen LogP contribution in [-0.2, 0) is 22.6 Å². The zero-order valence-electron chi connectivity index (χ0n) is 14.3. The maximum absolute atomic E-state index is 12.0. The third-order valence-corrected chi connectivity index (χ3v) is 4.21. The summed E-state index contributed by atoms with van der Waals surface area (Å²) < 4.78 is 6.07. The number of hydrogen-bond donors (Lipinski definition) is 2. The Morgan fingerprint density at radius 1 is 1.12 bits per heavy atom. The van der Waals surface area contributed by atoms with E-state index in [1.165, 1.54) is 6.92 Å². The predicted molar refractivity (Wildman–Crippen MR) is 102 cm³/mol. The maximum atomic E-state index is 12.0. The molecule has 0 aliphatic carbocycles. The van der Waals surface area contributed by atoms with Crippen LogP contribution in [0.3, 0.4) is 0 Å². The van der Waals surface area contributed by atoms with Crippen LogP contribution < -0.4 is 15.4 Å². The van der Waals surface area contributed by atoms with Crippen molar-refractivity contribution in [1.29, 1.82) is 0 Å². The summed E-state index contributed by atoms with van der Waals surface area (Å²) in [7, 11) is 1.62. The smallest absolute Gasteiger partial charge is 0.221 e. The number of carbonyl (C=O) groups is 2. The molecule has 0 fully saturated rings. The number of halogens is 1. The monoisotopic (exact) mass is 404 g/mol. The lowest BCUT2D eigenvalue weighted by Gasteiger charge is -2.09. The summed E-state index contributed by atoms with van der Waals surface area (Å²) in [5.74, 6) is 0.635. The zero-order chi connectivity index (χ0) is 18.2. The molecule has 132 valence electrons. The van der Waals surface area contributed by atoms with E-state index in [4.69, 9.17) is 4.74 Å². The van der Waals surface area contributed by atoms with E-state index >= 15 is 0 Å². The van der Waals surface area contributed by atoms with Gasteiger partial charge in [0, 0.05) is 25.6 Å². The highest BCUT2D eigenvalue weighted by Gasteiger charge is 2.06. The van der Waals surface area contributed by atoms with E-state index in [-0.39, 0.29) is 11.8 Å². The molecular formula is C19H21BrN2O3. The normalized spacial score (nSPS) is 10.2. The first-order valence-corrected chi connectivity index (χ1v) is 8.73. The Labute approximate surface area is 155 Å². The van der Waals surface area contributed by atoms with Gasteiger partial charge in [-0.1, -0.05) is 18.2 Å². The molecule has 0 aliphatic rings. The van der Waals surface area contributed by atoms with Crippen molar-refractivity contribution in [2.24, 2.45) is 0 Å². The van der Waals surface area contributed by atoms with E-state index in [1.807, 2.05) is 42.5 Å². The molecule has 0 radical (unpaired) electrons. The number of benzene rings is 2. The Kier molecular flexibility index (Phi) is 7.01. The maximum Gasteiger partial charge on any atom is 0.221 e. The highest BCUT2D eigenvalue weighted by atomic mass is 79.9. The number of nitrogens with one attached hydrogen (secondary N) is 2. The fraction of sp³-hybridized carbons (Fsp3) is 0.263. The molecule has 0 spiro atoms. The highest BCUT2D eigenvalue weighted by Crippen LogP contribution is 2.25. The summed E-state index contributed by atoms with van der Waals surface area (Å²) >= 11 is 3.44. The first-order chi connectivity index (χ1) is 12.0. The Bertz CT molecular complexity index is 762. The standard InChI is InChI=1S/C19H21BrN2O3/c1-13(23)22-16-5-3-4-15(10-16)12-21-19(24)9-7-14-6-8-18(25-2)17(20)11-14/h3-6,8,10-11H,7,9,12H2,1-2H3,(H,21,24)(H,22,23). The van der Waals surface area contributed by atoms with Crippen LogP contribution in [-0.4, -0.2) is 18.9 Å². The fourth-order valence-corrected chi connectivity index (χ4v) is 2.96. The molecule has 2 N–H and O–H groups in total. The van der Waals surface area contributed by atoms with Crippen LogP contribution in [0.15, 0.2) is 46.9 Å². The fourth-order valence-electron chi connectivity index (χ4n) is 2.37. The molecule has 0 aromatic heterocycles. The number of hydrogen-bond acceptors (Lipinski definition) is 3. The van der Waals surface area contributed by atoms with Gasteiger partial charge in [-0.15, -0.1) is 0 Å². The molecule has 0 aliphatic heterocycles. The van der Waals surface area contributed by atoms with Crippen LogP contribution in [0.1, 0.15) is 24.5 Å².